The summed E-state index contributed by atoms with van der Waals surface area (Å²) in [6, 6.07) is 16.3. The Bertz CT molecular complexity index is 1100. The molecular formula is C21H19N3O2. The fourth-order valence-electron chi connectivity index (χ4n) is 2.97. The minimum atomic E-state index is -0.0644. The molecule has 0 saturated carbocycles. The van der Waals surface area contributed by atoms with Crippen LogP contribution in [-0.4, -0.2) is 41.5 Å². The van der Waals surface area contributed by atoms with Gasteiger partial charge in [0.1, 0.15) is 11.4 Å². The van der Waals surface area contributed by atoms with Crippen LogP contribution in [0.2, 0.25) is 0 Å². The molecule has 0 aliphatic rings. The van der Waals surface area contributed by atoms with Gasteiger partial charge in [0.2, 0.25) is 0 Å². The summed E-state index contributed by atoms with van der Waals surface area (Å²) in [5, 5.41) is 3.29. The number of H-pyrrole nitrogens is 1. The van der Waals surface area contributed by atoms with Crippen LogP contribution in [0.5, 0.6) is 5.75 Å². The molecule has 0 aliphatic heterocycles. The fraction of sp³-hybridized carbons (Fsp3) is 0.143. The largest absolute Gasteiger partial charge is 0.484 e. The summed E-state index contributed by atoms with van der Waals surface area (Å²) in [5.41, 5.74) is 3.13. The van der Waals surface area contributed by atoms with Crippen molar-refractivity contribution in [2.24, 2.45) is 0 Å². The Morgan fingerprint density at radius 2 is 1.92 bits per heavy atom. The third-order valence-electron chi connectivity index (χ3n) is 4.44. The molecule has 0 atom stereocenters. The van der Waals surface area contributed by atoms with Gasteiger partial charge in [0.05, 0.1) is 0 Å². The molecule has 1 N–H and O–H groups in total. The van der Waals surface area contributed by atoms with Gasteiger partial charge in [-0.3, -0.25) is 4.79 Å². The number of carbonyl (C=O) groups excluding carboxylic acids is 1. The maximum atomic E-state index is 11.7. The molecule has 5 heteroatoms. The lowest BCUT2D eigenvalue weighted by atomic mass is 10.00. The maximum Gasteiger partial charge on any atom is 0.259 e. The van der Waals surface area contributed by atoms with Crippen LogP contribution in [0.3, 0.4) is 0 Å². The van der Waals surface area contributed by atoms with Gasteiger partial charge >= 0.3 is 0 Å². The minimum Gasteiger partial charge on any atom is -0.484 e. The van der Waals surface area contributed by atoms with E-state index >= 15 is 0 Å². The second kappa shape index (κ2) is 6.52. The molecule has 26 heavy (non-hydrogen) atoms. The van der Waals surface area contributed by atoms with Crippen molar-refractivity contribution in [1.82, 2.24) is 14.9 Å². The third-order valence-corrected chi connectivity index (χ3v) is 4.44. The van der Waals surface area contributed by atoms with Crippen LogP contribution < -0.4 is 4.74 Å². The first-order valence-electron chi connectivity index (χ1n) is 8.41. The molecule has 2 aromatic carbocycles. The van der Waals surface area contributed by atoms with E-state index in [0.717, 1.165) is 32.9 Å². The first kappa shape index (κ1) is 16.1. The Labute approximate surface area is 151 Å². The normalized spacial score (nSPS) is 11.0. The zero-order chi connectivity index (χ0) is 18.1. The Morgan fingerprint density at radius 1 is 1.08 bits per heavy atom. The fourth-order valence-corrected chi connectivity index (χ4v) is 2.97. The minimum absolute atomic E-state index is 0.0343. The lowest BCUT2D eigenvalue weighted by Crippen LogP contribution is -2.27. The number of hydrogen-bond acceptors (Lipinski definition) is 3. The standard InChI is InChI=1S/C21H19N3O2/c1-24(2)20(25)13-26-17-6-5-14-3-4-15(11-16(14)12-17)18-7-9-22-21-19(18)8-10-23-21/h3-12H,13H2,1-2H3,(H,22,23). The van der Waals surface area contributed by atoms with E-state index in [1.54, 1.807) is 14.1 Å². The number of rotatable bonds is 4. The first-order valence-corrected chi connectivity index (χ1v) is 8.41. The number of pyridine rings is 1. The van der Waals surface area contributed by atoms with Gasteiger partial charge in [-0.15, -0.1) is 0 Å². The molecule has 0 fully saturated rings. The number of carbonyl (C=O) groups is 1. The number of ether oxygens (including phenoxy) is 1. The summed E-state index contributed by atoms with van der Waals surface area (Å²) in [5.74, 6) is 0.622. The number of aromatic nitrogens is 2. The van der Waals surface area contributed by atoms with E-state index in [0.29, 0.717) is 5.75 Å². The first-order chi connectivity index (χ1) is 12.6. The van der Waals surface area contributed by atoms with Gasteiger partial charge in [0.15, 0.2) is 6.61 Å². The summed E-state index contributed by atoms with van der Waals surface area (Å²) in [6.07, 6.45) is 3.71. The van der Waals surface area contributed by atoms with Crippen molar-refractivity contribution in [3.05, 3.63) is 60.9 Å². The summed E-state index contributed by atoms with van der Waals surface area (Å²) in [7, 11) is 3.43. The average molecular weight is 345 g/mol. The van der Waals surface area contributed by atoms with Crippen molar-refractivity contribution in [2.45, 2.75) is 0 Å². The van der Waals surface area contributed by atoms with Gasteiger partial charge in [-0.05, 0) is 52.2 Å². The summed E-state index contributed by atoms with van der Waals surface area (Å²) in [4.78, 5) is 20.7. The second-order valence-electron chi connectivity index (χ2n) is 6.40. The number of hydrogen-bond donors (Lipinski definition) is 1. The number of aromatic amines is 1. The van der Waals surface area contributed by atoms with E-state index in [2.05, 4.69) is 28.2 Å². The van der Waals surface area contributed by atoms with Crippen molar-refractivity contribution < 1.29 is 9.53 Å². The summed E-state index contributed by atoms with van der Waals surface area (Å²) in [6.45, 7) is 0.0343. The molecule has 2 heterocycles. The topological polar surface area (TPSA) is 58.2 Å². The van der Waals surface area contributed by atoms with E-state index in [4.69, 9.17) is 4.74 Å². The molecule has 0 unspecified atom stereocenters. The van der Waals surface area contributed by atoms with Crippen molar-refractivity contribution in [2.75, 3.05) is 20.7 Å². The average Bonchev–Trinajstić information content (AvgIpc) is 3.14. The van der Waals surface area contributed by atoms with Crippen LogP contribution in [0.1, 0.15) is 0 Å². The van der Waals surface area contributed by atoms with Crippen LogP contribution >= 0.6 is 0 Å². The Kier molecular flexibility index (Phi) is 4.05. The predicted octanol–water partition coefficient (Wildman–Crippen LogP) is 3.85. The van der Waals surface area contributed by atoms with Crippen molar-refractivity contribution in [3.63, 3.8) is 0 Å². The molecule has 1 amide bonds. The molecule has 0 radical (unpaired) electrons. The van der Waals surface area contributed by atoms with Gasteiger partial charge in [-0.25, -0.2) is 4.98 Å². The van der Waals surface area contributed by atoms with Crippen LogP contribution in [0.4, 0.5) is 0 Å². The van der Waals surface area contributed by atoms with E-state index in [-0.39, 0.29) is 12.5 Å². The molecule has 4 rings (SSSR count). The van der Waals surface area contributed by atoms with Crippen molar-refractivity contribution in [3.8, 4) is 16.9 Å². The SMILES string of the molecule is CN(C)C(=O)COc1ccc2ccc(-c3ccnc4[nH]ccc34)cc2c1. The summed E-state index contributed by atoms with van der Waals surface area (Å²) >= 11 is 0. The van der Waals surface area contributed by atoms with Gasteiger partial charge in [0, 0.05) is 31.9 Å². The molecule has 5 nitrogen and oxygen atoms in total. The van der Waals surface area contributed by atoms with Gasteiger partial charge < -0.3 is 14.6 Å². The quantitative estimate of drug-likeness (QED) is 0.611. The number of likely N-dealkylation sites (N-methyl/N-ethyl adjacent to an activating group) is 1. The van der Waals surface area contributed by atoms with Gasteiger partial charge in [-0.2, -0.15) is 0 Å². The molecular weight excluding hydrogens is 326 g/mol. The van der Waals surface area contributed by atoms with Gasteiger partial charge in [-0.1, -0.05) is 18.2 Å². The maximum absolute atomic E-state index is 11.7. The molecule has 0 spiro atoms. The zero-order valence-corrected chi connectivity index (χ0v) is 14.7. The molecule has 0 saturated heterocycles. The number of fused-ring (bicyclic) bond motifs is 2. The molecule has 0 aliphatic carbocycles. The molecule has 4 aromatic rings. The van der Waals surface area contributed by atoms with Crippen LogP contribution in [0.15, 0.2) is 60.9 Å². The molecule has 2 aromatic heterocycles. The second-order valence-corrected chi connectivity index (χ2v) is 6.40. The highest BCUT2D eigenvalue weighted by Crippen LogP contribution is 2.30. The number of amides is 1. The van der Waals surface area contributed by atoms with E-state index in [1.807, 2.05) is 42.7 Å². The third kappa shape index (κ3) is 2.99. The summed E-state index contributed by atoms with van der Waals surface area (Å²) < 4.78 is 5.63. The zero-order valence-electron chi connectivity index (χ0n) is 14.7. The Morgan fingerprint density at radius 3 is 2.77 bits per heavy atom. The van der Waals surface area contributed by atoms with Crippen molar-refractivity contribution >= 4 is 27.7 Å². The Balaban J connectivity index is 1.70. The monoisotopic (exact) mass is 345 g/mol. The Hall–Kier alpha value is -3.34. The highest BCUT2D eigenvalue weighted by atomic mass is 16.5. The van der Waals surface area contributed by atoms with Gasteiger partial charge in [0.25, 0.3) is 5.91 Å². The predicted molar refractivity (Wildman–Crippen MR) is 103 cm³/mol. The number of nitrogens with one attached hydrogen (secondary N) is 1. The van der Waals surface area contributed by atoms with Crippen molar-refractivity contribution in [1.29, 1.82) is 0 Å². The van der Waals surface area contributed by atoms with E-state index < -0.39 is 0 Å². The molecule has 130 valence electrons. The van der Waals surface area contributed by atoms with E-state index in [9.17, 15) is 4.79 Å². The highest BCUT2D eigenvalue weighted by molar-refractivity contribution is 5.96. The molecule has 0 bridgehead atoms. The highest BCUT2D eigenvalue weighted by Gasteiger charge is 2.08. The lowest BCUT2D eigenvalue weighted by Gasteiger charge is -2.12. The smallest absolute Gasteiger partial charge is 0.259 e. The number of benzene rings is 2. The van der Waals surface area contributed by atoms with E-state index in [1.165, 1.54) is 4.90 Å². The van der Waals surface area contributed by atoms with Crippen LogP contribution in [-0.2, 0) is 4.79 Å². The lowest BCUT2D eigenvalue weighted by molar-refractivity contribution is -0.130. The van der Waals surface area contributed by atoms with Crippen LogP contribution in [0.25, 0.3) is 32.9 Å². The van der Waals surface area contributed by atoms with Crippen LogP contribution in [0, 0.1) is 0 Å². The number of nitrogens with zero attached hydrogens (tertiary/aromatic N) is 2.